The van der Waals surface area contributed by atoms with Gasteiger partial charge in [-0.2, -0.15) is 0 Å². The van der Waals surface area contributed by atoms with Crippen molar-refractivity contribution < 1.29 is 24.1 Å². The number of hydrogen-bond acceptors (Lipinski definition) is 4. The fourth-order valence-electron chi connectivity index (χ4n) is 4.21. The van der Waals surface area contributed by atoms with Crippen molar-refractivity contribution in [3.8, 4) is 28.4 Å². The van der Waals surface area contributed by atoms with Crippen LogP contribution in [0.2, 0.25) is 0 Å². The van der Waals surface area contributed by atoms with Gasteiger partial charge >= 0.3 is 5.97 Å². The molecule has 1 aliphatic rings. The van der Waals surface area contributed by atoms with Crippen LogP contribution in [0.4, 0.5) is 0 Å². The first-order valence-electron chi connectivity index (χ1n) is 12.1. The molecule has 1 heterocycles. The number of unbranched alkanes of at least 4 members (excludes halogenated alkanes) is 1. The molecular formula is C30H32O5. The third-order valence-corrected chi connectivity index (χ3v) is 6.21. The van der Waals surface area contributed by atoms with Gasteiger partial charge in [-0.3, -0.25) is 4.79 Å². The molecule has 3 aromatic carbocycles. The van der Waals surface area contributed by atoms with Crippen molar-refractivity contribution in [2.75, 3.05) is 13.2 Å². The second-order valence-electron chi connectivity index (χ2n) is 8.98. The Morgan fingerprint density at radius 3 is 2.63 bits per heavy atom. The maximum Gasteiger partial charge on any atom is 0.304 e. The molecule has 0 aromatic heterocycles. The van der Waals surface area contributed by atoms with Crippen molar-refractivity contribution >= 4 is 5.97 Å². The molecule has 182 valence electrons. The van der Waals surface area contributed by atoms with Gasteiger partial charge in [0.1, 0.15) is 30.5 Å². The van der Waals surface area contributed by atoms with Crippen LogP contribution in [0, 0.1) is 6.92 Å². The van der Waals surface area contributed by atoms with Gasteiger partial charge in [-0.15, -0.1) is 0 Å². The zero-order valence-corrected chi connectivity index (χ0v) is 20.4. The van der Waals surface area contributed by atoms with E-state index in [0.29, 0.717) is 31.3 Å². The van der Waals surface area contributed by atoms with E-state index in [1.54, 1.807) is 0 Å². The first-order chi connectivity index (χ1) is 16.9. The molecule has 1 aliphatic heterocycles. The quantitative estimate of drug-likeness (QED) is 0.256. The van der Waals surface area contributed by atoms with Crippen LogP contribution in [-0.2, 0) is 11.4 Å². The van der Waals surface area contributed by atoms with E-state index in [9.17, 15) is 9.90 Å². The minimum Gasteiger partial charge on any atom is -0.493 e. The van der Waals surface area contributed by atoms with Gasteiger partial charge in [0.15, 0.2) is 0 Å². The lowest BCUT2D eigenvalue weighted by Gasteiger charge is -2.27. The van der Waals surface area contributed by atoms with Crippen LogP contribution in [0.25, 0.3) is 11.1 Å². The highest BCUT2D eigenvalue weighted by atomic mass is 16.5. The largest absolute Gasteiger partial charge is 0.493 e. The average molecular weight is 473 g/mol. The van der Waals surface area contributed by atoms with Crippen LogP contribution >= 0.6 is 0 Å². The van der Waals surface area contributed by atoms with E-state index in [1.807, 2.05) is 24.3 Å². The molecule has 0 saturated carbocycles. The molecule has 0 fully saturated rings. The van der Waals surface area contributed by atoms with E-state index < -0.39 is 5.97 Å². The van der Waals surface area contributed by atoms with Gasteiger partial charge < -0.3 is 19.3 Å². The summed E-state index contributed by atoms with van der Waals surface area (Å²) in [4.78, 5) is 11.2. The number of benzene rings is 3. The Bertz CT molecular complexity index is 1200. The molecule has 0 amide bonds. The van der Waals surface area contributed by atoms with E-state index in [-0.39, 0.29) is 12.3 Å². The normalized spacial score (nSPS) is 14.7. The third kappa shape index (κ3) is 6.04. The molecule has 0 bridgehead atoms. The van der Waals surface area contributed by atoms with Gasteiger partial charge in [-0.25, -0.2) is 0 Å². The summed E-state index contributed by atoms with van der Waals surface area (Å²) in [5.41, 5.74) is 6.06. The Balaban J connectivity index is 1.44. The maximum atomic E-state index is 11.2. The fourth-order valence-corrected chi connectivity index (χ4v) is 4.21. The lowest BCUT2D eigenvalue weighted by molar-refractivity contribution is -0.137. The highest BCUT2D eigenvalue weighted by Gasteiger charge is 2.27. The SMILES string of the molecule is C=C1COc2cc(OCc3ccc(-c4cc(C)ccc4OCCCC)cc3)ccc2C1CC(=O)O. The van der Waals surface area contributed by atoms with Gasteiger partial charge in [0.05, 0.1) is 13.0 Å². The van der Waals surface area contributed by atoms with E-state index in [4.69, 9.17) is 14.2 Å². The highest BCUT2D eigenvalue weighted by molar-refractivity contribution is 5.71. The summed E-state index contributed by atoms with van der Waals surface area (Å²) < 4.78 is 17.8. The van der Waals surface area contributed by atoms with Crippen molar-refractivity contribution in [2.24, 2.45) is 0 Å². The van der Waals surface area contributed by atoms with Crippen molar-refractivity contribution in [2.45, 2.75) is 45.6 Å². The number of aliphatic carboxylic acids is 1. The first-order valence-corrected chi connectivity index (χ1v) is 12.1. The number of aryl methyl sites for hydroxylation is 1. The summed E-state index contributed by atoms with van der Waals surface area (Å²) in [5, 5.41) is 9.23. The van der Waals surface area contributed by atoms with Crippen LogP contribution in [0.1, 0.15) is 48.8 Å². The van der Waals surface area contributed by atoms with Crippen molar-refractivity contribution in [3.63, 3.8) is 0 Å². The number of carboxylic acid groups (broad SMARTS) is 1. The van der Waals surface area contributed by atoms with Crippen LogP contribution in [0.3, 0.4) is 0 Å². The minimum absolute atomic E-state index is 0.00798. The third-order valence-electron chi connectivity index (χ3n) is 6.21. The van der Waals surface area contributed by atoms with Gasteiger partial charge in [-0.05, 0) is 48.2 Å². The average Bonchev–Trinajstić information content (AvgIpc) is 2.85. The number of rotatable bonds is 10. The smallest absolute Gasteiger partial charge is 0.304 e. The molecule has 4 rings (SSSR count). The second kappa shape index (κ2) is 11.1. The first kappa shape index (κ1) is 24.4. The lowest BCUT2D eigenvalue weighted by atomic mass is 9.87. The maximum absolute atomic E-state index is 11.2. The molecule has 0 spiro atoms. The number of carbonyl (C=O) groups is 1. The molecule has 3 aromatic rings. The molecule has 0 aliphatic carbocycles. The molecule has 35 heavy (non-hydrogen) atoms. The van der Waals surface area contributed by atoms with E-state index in [1.165, 1.54) is 5.56 Å². The zero-order chi connectivity index (χ0) is 24.8. The summed E-state index contributed by atoms with van der Waals surface area (Å²) in [6.45, 7) is 9.67. The summed E-state index contributed by atoms with van der Waals surface area (Å²) in [6, 6.07) is 20.2. The van der Waals surface area contributed by atoms with Crippen molar-refractivity contribution in [1.29, 1.82) is 0 Å². The molecule has 5 nitrogen and oxygen atoms in total. The standard InChI is InChI=1S/C30H32O5/c1-4-5-14-33-28-13-6-20(2)15-27(28)23-9-7-22(8-10-23)19-34-24-11-12-25-26(17-30(31)32)21(3)18-35-29(25)16-24/h6-13,15-16,26H,3-5,14,17-19H2,1-2H3,(H,31,32). The number of hydrogen-bond donors (Lipinski definition) is 1. The molecule has 0 radical (unpaired) electrons. The van der Waals surface area contributed by atoms with E-state index in [0.717, 1.165) is 46.4 Å². The monoisotopic (exact) mass is 472 g/mol. The van der Waals surface area contributed by atoms with Crippen LogP contribution in [0.5, 0.6) is 17.2 Å². The van der Waals surface area contributed by atoms with E-state index in [2.05, 4.69) is 56.8 Å². The fraction of sp³-hybridized carbons (Fsp3) is 0.300. The Morgan fingerprint density at radius 1 is 1.09 bits per heavy atom. The van der Waals surface area contributed by atoms with Gasteiger partial charge in [0.25, 0.3) is 0 Å². The Hall–Kier alpha value is -3.73. The summed E-state index contributed by atoms with van der Waals surface area (Å²) in [6.07, 6.45) is 2.14. The molecule has 1 unspecified atom stereocenters. The Morgan fingerprint density at radius 2 is 1.89 bits per heavy atom. The Kier molecular flexibility index (Phi) is 7.76. The van der Waals surface area contributed by atoms with Gasteiger partial charge in [0.2, 0.25) is 0 Å². The van der Waals surface area contributed by atoms with Gasteiger partial charge in [-0.1, -0.05) is 61.9 Å². The molecule has 5 heteroatoms. The van der Waals surface area contributed by atoms with Crippen LogP contribution in [-0.4, -0.2) is 24.3 Å². The Labute approximate surface area is 207 Å². The zero-order valence-electron chi connectivity index (χ0n) is 20.4. The summed E-state index contributed by atoms with van der Waals surface area (Å²) in [5.74, 6) is 1.16. The van der Waals surface area contributed by atoms with Gasteiger partial charge in [0, 0.05) is 23.1 Å². The molecule has 1 atom stereocenters. The van der Waals surface area contributed by atoms with Crippen LogP contribution in [0.15, 0.2) is 72.8 Å². The minimum atomic E-state index is -0.849. The molecule has 1 N–H and O–H groups in total. The van der Waals surface area contributed by atoms with Crippen molar-refractivity contribution in [1.82, 2.24) is 0 Å². The number of ether oxygens (including phenoxy) is 3. The highest BCUT2D eigenvalue weighted by Crippen LogP contribution is 2.40. The molecular weight excluding hydrogens is 440 g/mol. The number of fused-ring (bicyclic) bond motifs is 1. The summed E-state index contributed by atoms with van der Waals surface area (Å²) in [7, 11) is 0. The van der Waals surface area contributed by atoms with Crippen molar-refractivity contribution in [3.05, 3.63) is 89.5 Å². The molecule has 0 saturated heterocycles. The van der Waals surface area contributed by atoms with E-state index >= 15 is 0 Å². The summed E-state index contributed by atoms with van der Waals surface area (Å²) >= 11 is 0. The lowest BCUT2D eigenvalue weighted by Crippen LogP contribution is -2.19. The second-order valence-corrected chi connectivity index (χ2v) is 8.98. The number of carboxylic acids is 1. The predicted molar refractivity (Wildman–Crippen MR) is 137 cm³/mol. The topological polar surface area (TPSA) is 65.0 Å². The van der Waals surface area contributed by atoms with Crippen LogP contribution < -0.4 is 14.2 Å². The predicted octanol–water partition coefficient (Wildman–Crippen LogP) is 6.93.